The lowest BCUT2D eigenvalue weighted by atomic mass is 10.1. The Morgan fingerprint density at radius 1 is 1.15 bits per heavy atom. The van der Waals surface area contributed by atoms with Gasteiger partial charge in [0.15, 0.2) is 10.8 Å². The summed E-state index contributed by atoms with van der Waals surface area (Å²) in [5.41, 5.74) is 1.78. The van der Waals surface area contributed by atoms with Crippen molar-refractivity contribution in [2.45, 2.75) is 56.5 Å². The number of nitrogens with zero attached hydrogens (tertiary/aromatic N) is 5. The van der Waals surface area contributed by atoms with Crippen molar-refractivity contribution in [1.82, 2.24) is 25.1 Å². The van der Waals surface area contributed by atoms with E-state index in [1.807, 2.05) is 35.1 Å². The molecule has 0 spiro atoms. The van der Waals surface area contributed by atoms with Crippen LogP contribution >= 0.6 is 11.8 Å². The summed E-state index contributed by atoms with van der Waals surface area (Å²) in [5, 5.41) is 9.74. The zero-order valence-electron chi connectivity index (χ0n) is 19.6. The van der Waals surface area contributed by atoms with Gasteiger partial charge in [0.2, 0.25) is 5.91 Å². The van der Waals surface area contributed by atoms with E-state index in [2.05, 4.69) is 29.2 Å². The standard InChI is InChI=1S/C24H32N6O2S/c1-17(2)33-24-27-22(29-12-5-4-6-13-29)20-16-26-30(23(20)28-24)14-11-25-21(31)15-18-7-9-19(32-3)10-8-18/h7-10,16-17H,4-6,11-15H2,1-3H3,(H,25,31). The minimum Gasteiger partial charge on any atom is -0.497 e. The van der Waals surface area contributed by atoms with Crippen LogP contribution in [0, 0.1) is 0 Å². The first-order chi connectivity index (χ1) is 16.0. The van der Waals surface area contributed by atoms with Gasteiger partial charge in [0.1, 0.15) is 11.6 Å². The number of carbonyl (C=O) groups is 1. The van der Waals surface area contributed by atoms with Crippen molar-refractivity contribution in [1.29, 1.82) is 0 Å². The van der Waals surface area contributed by atoms with Crippen molar-refractivity contribution in [3.8, 4) is 5.75 Å². The number of methoxy groups -OCH3 is 1. The van der Waals surface area contributed by atoms with Crippen LogP contribution in [0.25, 0.3) is 11.0 Å². The maximum Gasteiger partial charge on any atom is 0.224 e. The van der Waals surface area contributed by atoms with Crippen LogP contribution in [0.3, 0.4) is 0 Å². The molecule has 1 aliphatic heterocycles. The first-order valence-electron chi connectivity index (χ1n) is 11.6. The monoisotopic (exact) mass is 468 g/mol. The van der Waals surface area contributed by atoms with Gasteiger partial charge in [0.25, 0.3) is 0 Å². The summed E-state index contributed by atoms with van der Waals surface area (Å²) < 4.78 is 7.04. The Labute approximate surface area is 199 Å². The highest BCUT2D eigenvalue weighted by Crippen LogP contribution is 2.30. The zero-order chi connectivity index (χ0) is 23.2. The third kappa shape index (κ3) is 5.96. The Kier molecular flexibility index (Phi) is 7.69. The third-order valence-electron chi connectivity index (χ3n) is 5.62. The van der Waals surface area contributed by atoms with Gasteiger partial charge in [-0.3, -0.25) is 4.79 Å². The molecule has 1 aliphatic rings. The van der Waals surface area contributed by atoms with Crippen molar-refractivity contribution < 1.29 is 9.53 Å². The highest BCUT2D eigenvalue weighted by molar-refractivity contribution is 7.99. The second-order valence-corrected chi connectivity index (χ2v) is 10.1. The number of anilines is 1. The van der Waals surface area contributed by atoms with Gasteiger partial charge in [0, 0.05) is 24.9 Å². The molecule has 0 radical (unpaired) electrons. The fourth-order valence-corrected chi connectivity index (χ4v) is 4.69. The Morgan fingerprint density at radius 2 is 1.91 bits per heavy atom. The molecule has 3 aromatic rings. The van der Waals surface area contributed by atoms with Gasteiger partial charge >= 0.3 is 0 Å². The van der Waals surface area contributed by atoms with E-state index in [-0.39, 0.29) is 5.91 Å². The predicted octanol–water partition coefficient (Wildman–Crippen LogP) is 3.68. The average molecular weight is 469 g/mol. The summed E-state index contributed by atoms with van der Waals surface area (Å²) in [4.78, 5) is 24.5. The van der Waals surface area contributed by atoms with Gasteiger partial charge in [-0.2, -0.15) is 5.10 Å². The fourth-order valence-electron chi connectivity index (χ4n) is 3.99. The van der Waals surface area contributed by atoms with Gasteiger partial charge < -0.3 is 15.0 Å². The molecule has 1 fully saturated rings. The number of amides is 1. The number of carbonyl (C=O) groups excluding carboxylic acids is 1. The molecule has 1 amide bonds. The number of aromatic nitrogens is 4. The van der Waals surface area contributed by atoms with Crippen LogP contribution < -0.4 is 15.0 Å². The molecule has 0 aliphatic carbocycles. The van der Waals surface area contributed by atoms with Crippen molar-refractivity contribution in [2.24, 2.45) is 0 Å². The smallest absolute Gasteiger partial charge is 0.224 e. The molecule has 0 saturated carbocycles. The van der Waals surface area contributed by atoms with Gasteiger partial charge in [-0.05, 0) is 37.0 Å². The number of hydrogen-bond acceptors (Lipinski definition) is 7. The summed E-state index contributed by atoms with van der Waals surface area (Å²) in [6, 6.07) is 7.55. The molecule has 1 N–H and O–H groups in total. The van der Waals surface area contributed by atoms with E-state index in [1.54, 1.807) is 18.9 Å². The number of rotatable bonds is 9. The average Bonchev–Trinajstić information content (AvgIpc) is 3.22. The Morgan fingerprint density at radius 3 is 2.61 bits per heavy atom. The molecule has 0 unspecified atom stereocenters. The summed E-state index contributed by atoms with van der Waals surface area (Å²) in [6.45, 7) is 7.37. The van der Waals surface area contributed by atoms with E-state index in [9.17, 15) is 4.79 Å². The molecule has 4 rings (SSSR count). The van der Waals surface area contributed by atoms with Gasteiger partial charge in [-0.15, -0.1) is 0 Å². The number of ether oxygens (including phenoxy) is 1. The topological polar surface area (TPSA) is 85.2 Å². The van der Waals surface area contributed by atoms with Gasteiger partial charge in [-0.25, -0.2) is 14.6 Å². The molecular formula is C24H32N6O2S. The lowest BCUT2D eigenvalue weighted by molar-refractivity contribution is -0.120. The first kappa shape index (κ1) is 23.4. The molecule has 0 bridgehead atoms. The molecule has 0 atom stereocenters. The fraction of sp³-hybridized carbons (Fsp3) is 0.500. The van der Waals surface area contributed by atoms with E-state index in [4.69, 9.17) is 14.7 Å². The molecule has 2 aromatic heterocycles. The van der Waals surface area contributed by atoms with E-state index in [0.29, 0.717) is 24.8 Å². The van der Waals surface area contributed by atoms with Crippen LogP contribution in [0.5, 0.6) is 5.75 Å². The minimum absolute atomic E-state index is 0.0173. The van der Waals surface area contributed by atoms with Crippen LogP contribution in [0.1, 0.15) is 38.7 Å². The highest BCUT2D eigenvalue weighted by atomic mass is 32.2. The predicted molar refractivity (Wildman–Crippen MR) is 132 cm³/mol. The normalized spacial score (nSPS) is 14.1. The van der Waals surface area contributed by atoms with Crippen molar-refractivity contribution in [3.05, 3.63) is 36.0 Å². The molecule has 1 aromatic carbocycles. The maximum atomic E-state index is 12.4. The molecule has 8 nitrogen and oxygen atoms in total. The lowest BCUT2D eigenvalue weighted by Crippen LogP contribution is -2.30. The summed E-state index contributed by atoms with van der Waals surface area (Å²) in [5.74, 6) is 1.75. The Balaban J connectivity index is 1.45. The summed E-state index contributed by atoms with van der Waals surface area (Å²) >= 11 is 1.67. The van der Waals surface area contributed by atoms with Crippen LogP contribution in [0.2, 0.25) is 0 Å². The Hall–Kier alpha value is -2.81. The largest absolute Gasteiger partial charge is 0.497 e. The maximum absolute atomic E-state index is 12.4. The Bertz CT molecular complexity index is 1080. The number of thioether (sulfide) groups is 1. The molecule has 1 saturated heterocycles. The number of piperidine rings is 1. The number of nitrogens with one attached hydrogen (secondary N) is 1. The van der Waals surface area contributed by atoms with Gasteiger partial charge in [0.05, 0.1) is 31.7 Å². The molecule has 3 heterocycles. The second kappa shape index (κ2) is 10.9. The quantitative estimate of drug-likeness (QED) is 0.379. The number of benzene rings is 1. The summed E-state index contributed by atoms with van der Waals surface area (Å²) in [7, 11) is 1.63. The first-order valence-corrected chi connectivity index (χ1v) is 12.5. The van der Waals surface area contributed by atoms with E-state index in [0.717, 1.165) is 46.4 Å². The van der Waals surface area contributed by atoms with Crippen LogP contribution in [0.4, 0.5) is 5.82 Å². The molecular weight excluding hydrogens is 436 g/mol. The minimum atomic E-state index is -0.0173. The van der Waals surface area contributed by atoms with Crippen LogP contribution in [-0.4, -0.2) is 57.6 Å². The lowest BCUT2D eigenvalue weighted by Gasteiger charge is -2.28. The van der Waals surface area contributed by atoms with E-state index in [1.165, 1.54) is 19.3 Å². The van der Waals surface area contributed by atoms with Crippen LogP contribution in [-0.2, 0) is 17.8 Å². The zero-order valence-corrected chi connectivity index (χ0v) is 20.4. The van der Waals surface area contributed by atoms with Crippen molar-refractivity contribution in [2.75, 3.05) is 31.6 Å². The number of fused-ring (bicyclic) bond motifs is 1. The van der Waals surface area contributed by atoms with Crippen molar-refractivity contribution in [3.63, 3.8) is 0 Å². The molecule has 176 valence electrons. The van der Waals surface area contributed by atoms with Gasteiger partial charge in [-0.1, -0.05) is 37.7 Å². The highest BCUT2D eigenvalue weighted by Gasteiger charge is 2.20. The SMILES string of the molecule is COc1ccc(CC(=O)NCCn2ncc3c(N4CCCCC4)nc(SC(C)C)nc32)cc1. The van der Waals surface area contributed by atoms with Crippen molar-refractivity contribution >= 4 is 34.5 Å². The molecule has 33 heavy (non-hydrogen) atoms. The number of hydrogen-bond donors (Lipinski definition) is 1. The van der Waals surface area contributed by atoms with Crippen LogP contribution in [0.15, 0.2) is 35.6 Å². The summed E-state index contributed by atoms with van der Waals surface area (Å²) in [6.07, 6.45) is 5.84. The molecule has 9 heteroatoms. The second-order valence-electron chi connectivity index (χ2n) is 8.52. The van der Waals surface area contributed by atoms with E-state index < -0.39 is 0 Å². The third-order valence-corrected chi connectivity index (χ3v) is 6.49. The van der Waals surface area contributed by atoms with E-state index >= 15 is 0 Å².